The number of hydrogen-bond donors (Lipinski definition) is 3. The summed E-state index contributed by atoms with van der Waals surface area (Å²) in [6.45, 7) is 2.94. The first-order chi connectivity index (χ1) is 9.70. The number of aromatic amines is 1. The van der Waals surface area contributed by atoms with Crippen molar-refractivity contribution in [3.8, 4) is 0 Å². The molecule has 0 bridgehead atoms. The van der Waals surface area contributed by atoms with Gasteiger partial charge in [0.25, 0.3) is 10.0 Å². The zero-order valence-corrected chi connectivity index (χ0v) is 12.0. The number of carbonyl (C=O) groups is 1. The lowest BCUT2D eigenvalue weighted by atomic mass is 10.1. The highest BCUT2D eigenvalue weighted by Crippen LogP contribution is 2.23. The van der Waals surface area contributed by atoms with Crippen LogP contribution in [0.15, 0.2) is 23.1 Å². The molecule has 0 fully saturated rings. The number of sulfonamides is 1. The Labute approximate surface area is 119 Å². The topological polar surface area (TPSA) is 112 Å². The zero-order valence-electron chi connectivity index (χ0n) is 11.1. The number of aromatic carboxylic acids is 1. The molecule has 1 heterocycles. The van der Waals surface area contributed by atoms with Gasteiger partial charge in [0.05, 0.1) is 4.90 Å². The molecule has 112 valence electrons. The van der Waals surface area contributed by atoms with Gasteiger partial charge in [-0.2, -0.15) is 5.10 Å². The number of hydrogen-bond acceptors (Lipinski definition) is 4. The summed E-state index contributed by atoms with van der Waals surface area (Å²) in [4.78, 5) is 10.6. The largest absolute Gasteiger partial charge is 0.477 e. The molecule has 0 unspecified atom stereocenters. The Morgan fingerprint density at radius 1 is 1.29 bits per heavy atom. The fraction of sp³-hybridized carbons (Fsp3) is 0.167. The van der Waals surface area contributed by atoms with E-state index in [-0.39, 0.29) is 27.5 Å². The molecule has 0 saturated carbocycles. The molecular weight excluding hydrogens is 301 g/mol. The lowest BCUT2D eigenvalue weighted by Gasteiger charge is -2.11. The predicted molar refractivity (Wildman–Crippen MR) is 72.2 cm³/mol. The first kappa shape index (κ1) is 15.0. The molecule has 2 rings (SSSR count). The van der Waals surface area contributed by atoms with Crippen molar-refractivity contribution in [3.05, 3.63) is 40.8 Å². The summed E-state index contributed by atoms with van der Waals surface area (Å²) in [5.74, 6) is -1.95. The summed E-state index contributed by atoms with van der Waals surface area (Å²) >= 11 is 0. The predicted octanol–water partition coefficient (Wildman–Crippen LogP) is 1.66. The molecule has 0 aliphatic carbocycles. The maximum atomic E-state index is 13.2. The lowest BCUT2D eigenvalue weighted by molar-refractivity contribution is 0.0690. The number of benzene rings is 1. The second-order valence-electron chi connectivity index (χ2n) is 4.45. The van der Waals surface area contributed by atoms with Crippen LogP contribution in [0.25, 0.3) is 0 Å². The molecule has 0 aliphatic rings. The molecule has 0 radical (unpaired) electrons. The van der Waals surface area contributed by atoms with Crippen molar-refractivity contribution in [2.75, 3.05) is 4.72 Å². The number of aromatic nitrogens is 2. The van der Waals surface area contributed by atoms with Gasteiger partial charge >= 0.3 is 5.97 Å². The molecule has 0 spiro atoms. The first-order valence-electron chi connectivity index (χ1n) is 5.79. The van der Waals surface area contributed by atoms with Crippen LogP contribution in [-0.4, -0.2) is 29.7 Å². The van der Waals surface area contributed by atoms with Crippen molar-refractivity contribution in [1.29, 1.82) is 0 Å². The van der Waals surface area contributed by atoms with Gasteiger partial charge in [-0.25, -0.2) is 17.6 Å². The molecule has 3 N–H and O–H groups in total. The fourth-order valence-electron chi connectivity index (χ4n) is 1.99. The third kappa shape index (κ3) is 3.02. The molecule has 0 atom stereocenters. The Morgan fingerprint density at radius 3 is 2.33 bits per heavy atom. The smallest absolute Gasteiger partial charge is 0.353 e. The van der Waals surface area contributed by atoms with Gasteiger partial charge < -0.3 is 5.11 Å². The van der Waals surface area contributed by atoms with E-state index in [0.717, 1.165) is 18.2 Å². The molecule has 2 aromatic rings. The van der Waals surface area contributed by atoms with Crippen LogP contribution in [-0.2, 0) is 10.0 Å². The van der Waals surface area contributed by atoms with E-state index in [2.05, 4.69) is 14.9 Å². The second-order valence-corrected chi connectivity index (χ2v) is 6.07. The molecule has 21 heavy (non-hydrogen) atoms. The number of aryl methyl sites for hydroxylation is 2. The Balaban J connectivity index is 2.41. The van der Waals surface area contributed by atoms with Crippen molar-refractivity contribution in [3.63, 3.8) is 0 Å². The molecule has 1 aromatic heterocycles. The van der Waals surface area contributed by atoms with E-state index in [9.17, 15) is 17.6 Å². The molecule has 0 aliphatic heterocycles. The molecule has 7 nitrogen and oxygen atoms in total. The maximum Gasteiger partial charge on any atom is 0.353 e. The molecule has 1 aromatic carbocycles. The van der Waals surface area contributed by atoms with E-state index in [0.29, 0.717) is 0 Å². The number of rotatable bonds is 4. The third-order valence-corrected chi connectivity index (χ3v) is 4.40. The van der Waals surface area contributed by atoms with E-state index in [1.807, 2.05) is 0 Å². The van der Waals surface area contributed by atoms with Gasteiger partial charge in [0.1, 0.15) is 11.5 Å². The molecule has 9 heteroatoms. The van der Waals surface area contributed by atoms with Crippen molar-refractivity contribution < 1.29 is 22.7 Å². The summed E-state index contributed by atoms with van der Waals surface area (Å²) in [7, 11) is -4.00. The van der Waals surface area contributed by atoms with E-state index < -0.39 is 21.8 Å². The van der Waals surface area contributed by atoms with Gasteiger partial charge in [0.2, 0.25) is 0 Å². The summed E-state index contributed by atoms with van der Waals surface area (Å²) < 4.78 is 40.0. The van der Waals surface area contributed by atoms with E-state index in [1.54, 1.807) is 0 Å². The molecule has 0 amide bonds. The zero-order chi connectivity index (χ0) is 15.8. The van der Waals surface area contributed by atoms with Crippen LogP contribution in [0.5, 0.6) is 0 Å². The van der Waals surface area contributed by atoms with Gasteiger partial charge in [-0.15, -0.1) is 0 Å². The minimum Gasteiger partial charge on any atom is -0.477 e. The van der Waals surface area contributed by atoms with Gasteiger partial charge in [-0.3, -0.25) is 9.82 Å². The normalized spacial score (nSPS) is 11.4. The number of nitrogens with one attached hydrogen (secondary N) is 2. The Kier molecular flexibility index (Phi) is 3.69. The van der Waals surface area contributed by atoms with Crippen molar-refractivity contribution >= 4 is 21.8 Å². The van der Waals surface area contributed by atoms with Gasteiger partial charge in [0, 0.05) is 6.07 Å². The van der Waals surface area contributed by atoms with Crippen LogP contribution in [0, 0.1) is 19.7 Å². The number of anilines is 1. The summed E-state index contributed by atoms with van der Waals surface area (Å²) in [6, 6.07) is 3.26. The number of H-pyrrole nitrogens is 1. The van der Waals surface area contributed by atoms with E-state index in [1.165, 1.54) is 13.8 Å². The van der Waals surface area contributed by atoms with Crippen LogP contribution in [0.3, 0.4) is 0 Å². The van der Waals surface area contributed by atoms with Gasteiger partial charge in [-0.05, 0) is 37.1 Å². The average molecular weight is 313 g/mol. The molecule has 0 saturated heterocycles. The second kappa shape index (κ2) is 5.17. The Bertz CT molecular complexity index is 791. The number of carboxylic acids is 1. The maximum absolute atomic E-state index is 13.2. The van der Waals surface area contributed by atoms with Crippen molar-refractivity contribution in [1.82, 2.24) is 10.2 Å². The summed E-state index contributed by atoms with van der Waals surface area (Å²) in [5.41, 5.74) is 0.239. The highest BCUT2D eigenvalue weighted by molar-refractivity contribution is 7.92. The molecular formula is C12H12FN3O4S. The standard InChI is InChI=1S/C12H12FN3O4S/c1-6-3-8(13)4-7(2)11(6)21(19,20)16-10-5-9(12(17)18)14-15-10/h3-5H,1-2H3,(H,17,18)(H2,14,15,16). The number of nitrogens with zero attached hydrogens (tertiary/aromatic N) is 1. The van der Waals surface area contributed by atoms with Crippen LogP contribution in [0.4, 0.5) is 10.2 Å². The minimum atomic E-state index is -4.00. The van der Waals surface area contributed by atoms with Crippen LogP contribution >= 0.6 is 0 Å². The van der Waals surface area contributed by atoms with Crippen LogP contribution < -0.4 is 4.72 Å². The van der Waals surface area contributed by atoms with Crippen molar-refractivity contribution in [2.45, 2.75) is 18.7 Å². The van der Waals surface area contributed by atoms with E-state index in [4.69, 9.17) is 5.11 Å². The highest BCUT2D eigenvalue weighted by Gasteiger charge is 2.22. The van der Waals surface area contributed by atoms with Crippen LogP contribution in [0.1, 0.15) is 21.6 Å². The minimum absolute atomic E-state index is 0.0659. The van der Waals surface area contributed by atoms with Gasteiger partial charge in [-0.1, -0.05) is 0 Å². The third-order valence-electron chi connectivity index (χ3n) is 2.74. The number of halogens is 1. The van der Waals surface area contributed by atoms with Crippen LogP contribution in [0.2, 0.25) is 0 Å². The Morgan fingerprint density at radius 2 is 1.86 bits per heavy atom. The monoisotopic (exact) mass is 313 g/mol. The number of carboxylic acid groups (broad SMARTS) is 1. The van der Waals surface area contributed by atoms with Gasteiger partial charge in [0.15, 0.2) is 5.82 Å². The summed E-state index contributed by atoms with van der Waals surface area (Å²) in [6.07, 6.45) is 0. The van der Waals surface area contributed by atoms with E-state index >= 15 is 0 Å². The SMILES string of the molecule is Cc1cc(F)cc(C)c1S(=O)(=O)Nc1cc(C(=O)O)[nH]n1. The van der Waals surface area contributed by atoms with Crippen molar-refractivity contribution in [2.24, 2.45) is 0 Å². The highest BCUT2D eigenvalue weighted by atomic mass is 32.2. The first-order valence-corrected chi connectivity index (χ1v) is 7.27. The fourth-order valence-corrected chi connectivity index (χ4v) is 3.44. The lowest BCUT2D eigenvalue weighted by Crippen LogP contribution is -2.16. The average Bonchev–Trinajstić information content (AvgIpc) is 2.74. The summed E-state index contributed by atoms with van der Waals surface area (Å²) in [5, 5.41) is 14.5. The quantitative estimate of drug-likeness (QED) is 0.794. The Hall–Kier alpha value is -2.42.